The molecule has 0 aromatic heterocycles. The van der Waals surface area contributed by atoms with Gasteiger partial charge in [0.15, 0.2) is 0 Å². The summed E-state index contributed by atoms with van der Waals surface area (Å²) >= 11 is 0. The largest absolute Gasteiger partial charge is 0.254 e. The molecular weight excluding hydrogens is 215 g/mol. The minimum atomic E-state index is -2.14. The summed E-state index contributed by atoms with van der Waals surface area (Å²) in [6.07, 6.45) is -0.249. The zero-order valence-corrected chi connectivity index (χ0v) is 10.4. The van der Waals surface area contributed by atoms with Gasteiger partial charge in [-0.2, -0.15) is 0 Å². The molecule has 0 heterocycles. The van der Waals surface area contributed by atoms with Crippen LogP contribution in [0.4, 0.5) is 4.39 Å². The fourth-order valence-electron chi connectivity index (χ4n) is 1.93. The zero-order valence-electron chi connectivity index (χ0n) is 9.36. The van der Waals surface area contributed by atoms with Gasteiger partial charge in [0.25, 0.3) is 0 Å². The molecule has 0 atom stereocenters. The second kappa shape index (κ2) is 4.62. The lowest BCUT2D eigenvalue weighted by molar-refractivity contribution is 0.587. The Balaban J connectivity index is 2.49. The van der Waals surface area contributed by atoms with Crippen molar-refractivity contribution >= 4 is 18.4 Å². The summed E-state index contributed by atoms with van der Waals surface area (Å²) < 4.78 is 13.5. The Morgan fingerprint density at radius 1 is 0.812 bits per heavy atom. The van der Waals surface area contributed by atoms with Gasteiger partial charge in [-0.05, 0) is 0 Å². The third kappa shape index (κ3) is 1.93. The van der Waals surface area contributed by atoms with Crippen LogP contribution < -0.4 is 10.4 Å². The number of rotatable bonds is 3. The van der Waals surface area contributed by atoms with Gasteiger partial charge in [0, 0.05) is 0 Å². The maximum Gasteiger partial charge on any atom is 0.148 e. The summed E-state index contributed by atoms with van der Waals surface area (Å²) in [5.74, 6) is 0. The SMILES string of the molecule is C[Si](CF)(c1ccccc1)c1ccccc1. The second-order valence-corrected chi connectivity index (χ2v) is 8.28. The Kier molecular flexibility index (Phi) is 3.20. The molecule has 2 aromatic rings. The normalized spacial score (nSPS) is 11.4. The number of alkyl halides is 1. The van der Waals surface area contributed by atoms with Gasteiger partial charge in [-0.15, -0.1) is 0 Å². The van der Waals surface area contributed by atoms with Crippen LogP contribution >= 0.6 is 0 Å². The summed E-state index contributed by atoms with van der Waals surface area (Å²) in [5, 5.41) is 2.31. The average molecular weight is 230 g/mol. The highest BCUT2D eigenvalue weighted by atomic mass is 28.3. The first-order chi connectivity index (χ1) is 7.77. The van der Waals surface area contributed by atoms with Crippen LogP contribution in [0.15, 0.2) is 60.7 Å². The van der Waals surface area contributed by atoms with E-state index in [1.807, 2.05) is 60.7 Å². The summed E-state index contributed by atoms with van der Waals surface area (Å²) in [5.41, 5.74) is 0. The first-order valence-corrected chi connectivity index (χ1v) is 8.15. The van der Waals surface area contributed by atoms with Gasteiger partial charge in [0.1, 0.15) is 8.07 Å². The lowest BCUT2D eigenvalue weighted by atomic mass is 10.4. The molecule has 0 aliphatic rings. The van der Waals surface area contributed by atoms with E-state index in [0.29, 0.717) is 0 Å². The Bertz CT molecular complexity index is 399. The predicted octanol–water partition coefficient (Wildman–Crippen LogP) is 2.39. The molecule has 2 heteroatoms. The van der Waals surface area contributed by atoms with Gasteiger partial charge in [-0.3, -0.25) is 4.39 Å². The molecule has 0 N–H and O–H groups in total. The lowest BCUT2D eigenvalue weighted by Crippen LogP contribution is -2.57. The first-order valence-electron chi connectivity index (χ1n) is 5.44. The van der Waals surface area contributed by atoms with E-state index in [9.17, 15) is 4.39 Å². The predicted molar refractivity (Wildman–Crippen MR) is 69.7 cm³/mol. The van der Waals surface area contributed by atoms with Crippen molar-refractivity contribution in [3.8, 4) is 0 Å². The molecule has 2 rings (SSSR count). The fourth-order valence-corrected chi connectivity index (χ4v) is 4.43. The fraction of sp³-hybridized carbons (Fsp3) is 0.143. The van der Waals surface area contributed by atoms with E-state index in [-0.39, 0.29) is 6.30 Å². The molecule has 0 nitrogen and oxygen atoms in total. The Labute approximate surface area is 96.8 Å². The van der Waals surface area contributed by atoms with Crippen molar-refractivity contribution in [2.75, 3.05) is 6.30 Å². The third-order valence-corrected chi connectivity index (χ3v) is 6.84. The minimum absolute atomic E-state index is 0.249. The van der Waals surface area contributed by atoms with Gasteiger partial charge in [0.2, 0.25) is 0 Å². The highest BCUT2D eigenvalue weighted by Gasteiger charge is 2.31. The van der Waals surface area contributed by atoms with Crippen molar-refractivity contribution < 1.29 is 4.39 Å². The average Bonchev–Trinajstić information content (AvgIpc) is 2.40. The molecule has 0 amide bonds. The van der Waals surface area contributed by atoms with E-state index in [4.69, 9.17) is 0 Å². The number of halogens is 1. The van der Waals surface area contributed by atoms with Crippen LogP contribution in [-0.2, 0) is 0 Å². The smallest absolute Gasteiger partial charge is 0.148 e. The van der Waals surface area contributed by atoms with Gasteiger partial charge >= 0.3 is 0 Å². The summed E-state index contributed by atoms with van der Waals surface area (Å²) in [4.78, 5) is 0. The number of benzene rings is 2. The van der Waals surface area contributed by atoms with Crippen LogP contribution in [-0.4, -0.2) is 14.4 Å². The van der Waals surface area contributed by atoms with Crippen LogP contribution in [0.3, 0.4) is 0 Å². The maximum absolute atomic E-state index is 13.5. The Hall–Kier alpha value is -1.41. The molecular formula is C14H15FSi. The monoisotopic (exact) mass is 230 g/mol. The molecule has 0 saturated heterocycles. The topological polar surface area (TPSA) is 0 Å². The van der Waals surface area contributed by atoms with E-state index in [1.54, 1.807) is 0 Å². The van der Waals surface area contributed by atoms with Crippen LogP contribution in [0.1, 0.15) is 0 Å². The summed E-state index contributed by atoms with van der Waals surface area (Å²) in [6, 6.07) is 20.1. The highest BCUT2D eigenvalue weighted by molar-refractivity contribution is 7.01. The Morgan fingerprint density at radius 2 is 1.19 bits per heavy atom. The Morgan fingerprint density at radius 3 is 1.50 bits per heavy atom. The molecule has 0 saturated carbocycles. The van der Waals surface area contributed by atoms with Crippen molar-refractivity contribution in [2.45, 2.75) is 6.55 Å². The first kappa shape index (κ1) is 11.1. The standard InChI is InChI=1S/C14H15FSi/c1-16(12-15,13-8-4-2-5-9-13)14-10-6-3-7-11-14/h2-11H,12H2,1H3. The molecule has 2 aromatic carbocycles. The summed E-state index contributed by atoms with van der Waals surface area (Å²) in [7, 11) is -2.14. The molecule has 0 fully saturated rings. The molecule has 82 valence electrons. The molecule has 0 unspecified atom stereocenters. The van der Waals surface area contributed by atoms with E-state index < -0.39 is 8.07 Å². The van der Waals surface area contributed by atoms with Crippen molar-refractivity contribution in [3.63, 3.8) is 0 Å². The van der Waals surface area contributed by atoms with Crippen LogP contribution in [0.5, 0.6) is 0 Å². The van der Waals surface area contributed by atoms with Crippen LogP contribution in [0, 0.1) is 0 Å². The van der Waals surface area contributed by atoms with Gasteiger partial charge < -0.3 is 0 Å². The maximum atomic E-state index is 13.5. The molecule has 16 heavy (non-hydrogen) atoms. The van der Waals surface area contributed by atoms with E-state index in [0.717, 1.165) is 10.4 Å². The summed E-state index contributed by atoms with van der Waals surface area (Å²) in [6.45, 7) is 2.08. The molecule has 0 aliphatic carbocycles. The van der Waals surface area contributed by atoms with E-state index in [1.165, 1.54) is 0 Å². The van der Waals surface area contributed by atoms with Crippen LogP contribution in [0.2, 0.25) is 6.55 Å². The van der Waals surface area contributed by atoms with E-state index in [2.05, 4.69) is 6.55 Å². The van der Waals surface area contributed by atoms with Crippen molar-refractivity contribution in [1.82, 2.24) is 0 Å². The molecule has 0 bridgehead atoms. The second-order valence-electron chi connectivity index (χ2n) is 4.20. The zero-order chi connectivity index (χ0) is 11.4. The molecule has 0 spiro atoms. The lowest BCUT2D eigenvalue weighted by Gasteiger charge is -2.24. The number of hydrogen-bond donors (Lipinski definition) is 0. The van der Waals surface area contributed by atoms with E-state index >= 15 is 0 Å². The van der Waals surface area contributed by atoms with Crippen LogP contribution in [0.25, 0.3) is 0 Å². The third-order valence-electron chi connectivity index (χ3n) is 3.09. The quantitative estimate of drug-likeness (QED) is 0.710. The van der Waals surface area contributed by atoms with Gasteiger partial charge in [-0.25, -0.2) is 0 Å². The molecule has 0 aliphatic heterocycles. The van der Waals surface area contributed by atoms with Gasteiger partial charge in [-0.1, -0.05) is 77.6 Å². The van der Waals surface area contributed by atoms with Crippen molar-refractivity contribution in [2.24, 2.45) is 0 Å². The number of hydrogen-bond acceptors (Lipinski definition) is 0. The van der Waals surface area contributed by atoms with Crippen molar-refractivity contribution in [3.05, 3.63) is 60.7 Å². The van der Waals surface area contributed by atoms with Crippen molar-refractivity contribution in [1.29, 1.82) is 0 Å². The highest BCUT2D eigenvalue weighted by Crippen LogP contribution is 2.05. The van der Waals surface area contributed by atoms with Gasteiger partial charge in [0.05, 0.1) is 6.30 Å². The minimum Gasteiger partial charge on any atom is -0.254 e. The molecule has 0 radical (unpaired) electrons.